The Morgan fingerprint density at radius 1 is 1.15 bits per heavy atom. The van der Waals surface area contributed by atoms with Crippen molar-refractivity contribution in [1.29, 1.82) is 0 Å². The quantitative estimate of drug-likeness (QED) is 0.680. The SMILES string of the molecule is CC(C)(C)OC(=O)c1c(C2CCN(C(=O)OC(C)(C)C)C2)nsc1C(F)F. The third-order valence-electron chi connectivity index (χ3n) is 3.77. The van der Waals surface area contributed by atoms with E-state index in [1.165, 1.54) is 4.90 Å². The maximum absolute atomic E-state index is 13.4. The Morgan fingerprint density at radius 3 is 2.26 bits per heavy atom. The summed E-state index contributed by atoms with van der Waals surface area (Å²) in [4.78, 5) is 25.9. The standard InChI is InChI=1S/C18H26F2N2O4S/c1-17(2,3)25-15(23)11-12(21-27-13(11)14(19)20)10-7-8-22(9-10)16(24)26-18(4,5)6/h10,14H,7-9H2,1-6H3. The first-order chi connectivity index (χ1) is 12.3. The number of likely N-dealkylation sites (tertiary alicyclic amines) is 1. The van der Waals surface area contributed by atoms with Crippen molar-refractivity contribution < 1.29 is 27.8 Å². The van der Waals surface area contributed by atoms with Crippen LogP contribution in [-0.2, 0) is 9.47 Å². The zero-order valence-corrected chi connectivity index (χ0v) is 17.3. The van der Waals surface area contributed by atoms with Gasteiger partial charge in [-0.05, 0) is 59.5 Å². The highest BCUT2D eigenvalue weighted by Crippen LogP contribution is 2.37. The molecule has 0 aliphatic carbocycles. The molecule has 0 saturated carbocycles. The molecule has 1 aliphatic rings. The minimum absolute atomic E-state index is 0.166. The van der Waals surface area contributed by atoms with Gasteiger partial charge < -0.3 is 14.4 Å². The summed E-state index contributed by atoms with van der Waals surface area (Å²) < 4.78 is 41.6. The number of esters is 1. The molecular weight excluding hydrogens is 378 g/mol. The van der Waals surface area contributed by atoms with Crippen LogP contribution in [0.4, 0.5) is 13.6 Å². The summed E-state index contributed by atoms with van der Waals surface area (Å²) in [5.41, 5.74) is -1.33. The molecule has 9 heteroatoms. The van der Waals surface area contributed by atoms with Crippen molar-refractivity contribution >= 4 is 23.6 Å². The third-order valence-corrected chi connectivity index (χ3v) is 4.64. The van der Waals surface area contributed by atoms with Gasteiger partial charge in [0.2, 0.25) is 0 Å². The van der Waals surface area contributed by atoms with Crippen molar-refractivity contribution in [2.75, 3.05) is 13.1 Å². The molecule has 27 heavy (non-hydrogen) atoms. The second-order valence-electron chi connectivity index (χ2n) is 8.52. The summed E-state index contributed by atoms with van der Waals surface area (Å²) in [7, 11) is 0. The van der Waals surface area contributed by atoms with Crippen LogP contribution < -0.4 is 0 Å². The van der Waals surface area contributed by atoms with Crippen LogP contribution in [0, 0.1) is 0 Å². The maximum Gasteiger partial charge on any atom is 0.410 e. The Hall–Kier alpha value is -1.77. The van der Waals surface area contributed by atoms with Gasteiger partial charge in [0, 0.05) is 19.0 Å². The Morgan fingerprint density at radius 2 is 1.74 bits per heavy atom. The molecule has 1 aromatic rings. The van der Waals surface area contributed by atoms with E-state index in [1.807, 2.05) is 0 Å². The third kappa shape index (κ3) is 5.60. The number of amides is 1. The monoisotopic (exact) mass is 404 g/mol. The van der Waals surface area contributed by atoms with Crippen molar-refractivity contribution in [2.24, 2.45) is 0 Å². The second-order valence-corrected chi connectivity index (χ2v) is 9.33. The van der Waals surface area contributed by atoms with Gasteiger partial charge in [-0.3, -0.25) is 0 Å². The van der Waals surface area contributed by atoms with E-state index in [-0.39, 0.29) is 23.7 Å². The van der Waals surface area contributed by atoms with Gasteiger partial charge in [-0.1, -0.05) is 0 Å². The van der Waals surface area contributed by atoms with Gasteiger partial charge in [0.25, 0.3) is 6.43 Å². The molecule has 2 rings (SSSR count). The first-order valence-electron chi connectivity index (χ1n) is 8.77. The summed E-state index contributed by atoms with van der Waals surface area (Å²) in [5, 5.41) is 0. The van der Waals surface area contributed by atoms with Crippen LogP contribution in [0.2, 0.25) is 0 Å². The maximum atomic E-state index is 13.4. The van der Waals surface area contributed by atoms with E-state index in [9.17, 15) is 18.4 Å². The van der Waals surface area contributed by atoms with Crippen molar-refractivity contribution in [3.05, 3.63) is 16.1 Å². The first kappa shape index (κ1) is 21.5. The average Bonchev–Trinajstić information content (AvgIpc) is 3.10. The summed E-state index contributed by atoms with van der Waals surface area (Å²) in [5.74, 6) is -1.12. The molecule has 1 atom stereocenters. The molecule has 1 fully saturated rings. The predicted molar refractivity (Wildman–Crippen MR) is 97.4 cm³/mol. The van der Waals surface area contributed by atoms with Crippen LogP contribution in [0.5, 0.6) is 0 Å². The van der Waals surface area contributed by atoms with E-state index in [0.29, 0.717) is 24.5 Å². The Balaban J connectivity index is 2.24. The van der Waals surface area contributed by atoms with E-state index < -0.39 is 34.6 Å². The summed E-state index contributed by atoms with van der Waals surface area (Å²) >= 11 is 0.610. The molecule has 1 unspecified atom stereocenters. The summed E-state index contributed by atoms with van der Waals surface area (Å²) in [6.45, 7) is 11.0. The zero-order valence-electron chi connectivity index (χ0n) is 16.5. The average molecular weight is 404 g/mol. The second kappa shape index (κ2) is 7.69. The number of ether oxygens (including phenoxy) is 2. The smallest absolute Gasteiger partial charge is 0.410 e. The number of rotatable bonds is 3. The Labute approximate surface area is 162 Å². The normalized spacial score (nSPS) is 18.1. The molecule has 152 valence electrons. The van der Waals surface area contributed by atoms with Gasteiger partial charge in [0.1, 0.15) is 21.6 Å². The minimum Gasteiger partial charge on any atom is -0.456 e. The fourth-order valence-electron chi connectivity index (χ4n) is 2.75. The highest BCUT2D eigenvalue weighted by molar-refractivity contribution is 7.06. The molecule has 0 spiro atoms. The number of nitrogens with zero attached hydrogens (tertiary/aromatic N) is 2. The van der Waals surface area contributed by atoms with Crippen molar-refractivity contribution in [3.63, 3.8) is 0 Å². The molecule has 0 radical (unpaired) electrons. The van der Waals surface area contributed by atoms with Crippen molar-refractivity contribution in [3.8, 4) is 0 Å². The number of alkyl halides is 2. The van der Waals surface area contributed by atoms with Crippen LogP contribution in [0.15, 0.2) is 0 Å². The number of carbonyl (C=O) groups is 2. The lowest BCUT2D eigenvalue weighted by molar-refractivity contribution is 0.00613. The van der Waals surface area contributed by atoms with Crippen molar-refractivity contribution in [2.45, 2.75) is 71.5 Å². The number of aromatic nitrogens is 1. The summed E-state index contributed by atoms with van der Waals surface area (Å²) in [6, 6.07) is 0. The largest absolute Gasteiger partial charge is 0.456 e. The molecule has 1 aromatic heterocycles. The van der Waals surface area contributed by atoms with E-state index in [1.54, 1.807) is 41.5 Å². The Bertz CT molecular complexity index is 707. The van der Waals surface area contributed by atoms with Gasteiger partial charge >= 0.3 is 12.1 Å². The number of carbonyl (C=O) groups excluding carboxylic acids is 2. The first-order valence-corrected chi connectivity index (χ1v) is 9.54. The van der Waals surface area contributed by atoms with Crippen LogP contribution in [-0.4, -0.2) is 45.6 Å². The Kier molecular flexibility index (Phi) is 6.13. The lowest BCUT2D eigenvalue weighted by Crippen LogP contribution is -2.35. The molecule has 1 saturated heterocycles. The molecule has 0 bridgehead atoms. The van der Waals surface area contributed by atoms with E-state index in [2.05, 4.69) is 4.37 Å². The molecule has 1 amide bonds. The summed E-state index contributed by atoms with van der Waals surface area (Å²) in [6.07, 6.45) is -2.77. The molecule has 6 nitrogen and oxygen atoms in total. The minimum atomic E-state index is -2.82. The van der Waals surface area contributed by atoms with Gasteiger partial charge in [-0.25, -0.2) is 18.4 Å². The van der Waals surface area contributed by atoms with Crippen LogP contribution >= 0.6 is 11.5 Å². The zero-order chi connectivity index (χ0) is 20.6. The predicted octanol–water partition coefficient (Wildman–Crippen LogP) is 4.76. The highest BCUT2D eigenvalue weighted by Gasteiger charge is 2.37. The van der Waals surface area contributed by atoms with Crippen LogP contribution in [0.3, 0.4) is 0 Å². The van der Waals surface area contributed by atoms with Crippen LogP contribution in [0.1, 0.15) is 81.2 Å². The van der Waals surface area contributed by atoms with Gasteiger partial charge in [-0.15, -0.1) is 0 Å². The lowest BCUT2D eigenvalue weighted by atomic mass is 9.99. The fourth-order valence-corrected chi connectivity index (χ4v) is 3.55. The number of hydrogen-bond donors (Lipinski definition) is 0. The molecule has 0 aromatic carbocycles. The lowest BCUT2D eigenvalue weighted by Gasteiger charge is -2.24. The van der Waals surface area contributed by atoms with Crippen LogP contribution in [0.25, 0.3) is 0 Å². The number of halogens is 2. The topological polar surface area (TPSA) is 68.7 Å². The molecule has 0 N–H and O–H groups in total. The van der Waals surface area contributed by atoms with E-state index in [4.69, 9.17) is 9.47 Å². The van der Waals surface area contributed by atoms with E-state index in [0.717, 1.165) is 0 Å². The fraction of sp³-hybridized carbons (Fsp3) is 0.722. The van der Waals surface area contributed by atoms with Crippen molar-refractivity contribution in [1.82, 2.24) is 9.27 Å². The molecule has 2 heterocycles. The van der Waals surface area contributed by atoms with E-state index >= 15 is 0 Å². The van der Waals surface area contributed by atoms with Gasteiger partial charge in [0.15, 0.2) is 0 Å². The molecule has 1 aliphatic heterocycles. The van der Waals surface area contributed by atoms with Gasteiger partial charge in [-0.2, -0.15) is 4.37 Å². The van der Waals surface area contributed by atoms with Gasteiger partial charge in [0.05, 0.1) is 5.69 Å². The highest BCUT2D eigenvalue weighted by atomic mass is 32.1. The number of hydrogen-bond acceptors (Lipinski definition) is 6. The molecular formula is C18H26F2N2O4S.